The van der Waals surface area contributed by atoms with Gasteiger partial charge in [0.25, 0.3) is 5.91 Å². The molecule has 0 bridgehead atoms. The summed E-state index contributed by atoms with van der Waals surface area (Å²) in [5, 5.41) is 12.0. The molecule has 124 valence electrons. The average Bonchev–Trinajstić information content (AvgIpc) is 3.02. The first-order valence-corrected chi connectivity index (χ1v) is 7.87. The molecule has 1 aromatic carbocycles. The van der Waals surface area contributed by atoms with E-state index in [9.17, 15) is 10.1 Å². The van der Waals surface area contributed by atoms with Crippen molar-refractivity contribution in [3.63, 3.8) is 0 Å². The quantitative estimate of drug-likeness (QED) is 0.645. The normalized spacial score (nSPS) is 11.2. The van der Waals surface area contributed by atoms with Crippen LogP contribution in [0.15, 0.2) is 48.3 Å². The van der Waals surface area contributed by atoms with Gasteiger partial charge in [-0.25, -0.2) is 0 Å². The van der Waals surface area contributed by atoms with Gasteiger partial charge in [0.05, 0.1) is 6.61 Å². The molecule has 1 amide bonds. The Labute approximate surface area is 142 Å². The van der Waals surface area contributed by atoms with Crippen molar-refractivity contribution in [2.45, 2.75) is 26.8 Å². The first kappa shape index (κ1) is 17.4. The third kappa shape index (κ3) is 4.50. The van der Waals surface area contributed by atoms with Crippen molar-refractivity contribution in [2.24, 2.45) is 0 Å². The van der Waals surface area contributed by atoms with Crippen molar-refractivity contribution in [1.29, 1.82) is 5.26 Å². The molecule has 0 unspecified atom stereocenters. The standard InChI is InChI=1S/C19H21N3O2/c1-4-24-18-7-5-6-17(11-18)21-19(23)16(12-20)10-15-8-9-22(13-15)14(2)3/h5-11,13-14H,4H2,1-3H3,(H,21,23)/b16-10+. The number of benzene rings is 1. The lowest BCUT2D eigenvalue weighted by Crippen LogP contribution is -2.13. The predicted molar refractivity (Wildman–Crippen MR) is 94.6 cm³/mol. The van der Waals surface area contributed by atoms with Gasteiger partial charge in [-0.2, -0.15) is 5.26 Å². The van der Waals surface area contributed by atoms with Crippen LogP contribution >= 0.6 is 0 Å². The molecule has 1 aromatic heterocycles. The zero-order valence-corrected chi connectivity index (χ0v) is 14.1. The van der Waals surface area contributed by atoms with Crippen molar-refractivity contribution >= 4 is 17.7 Å². The Hall–Kier alpha value is -3.00. The Morgan fingerprint density at radius 2 is 2.21 bits per heavy atom. The van der Waals surface area contributed by atoms with Crippen molar-refractivity contribution < 1.29 is 9.53 Å². The highest BCUT2D eigenvalue weighted by Crippen LogP contribution is 2.18. The van der Waals surface area contributed by atoms with E-state index in [0.29, 0.717) is 24.1 Å². The van der Waals surface area contributed by atoms with E-state index in [4.69, 9.17) is 4.74 Å². The van der Waals surface area contributed by atoms with Gasteiger partial charge in [-0.3, -0.25) is 4.79 Å². The van der Waals surface area contributed by atoms with E-state index in [1.165, 1.54) is 0 Å². The summed E-state index contributed by atoms with van der Waals surface area (Å²) < 4.78 is 7.42. The maximum Gasteiger partial charge on any atom is 0.266 e. The fourth-order valence-electron chi connectivity index (χ4n) is 2.18. The van der Waals surface area contributed by atoms with Crippen molar-refractivity contribution in [3.05, 3.63) is 53.9 Å². The molecule has 0 saturated carbocycles. The van der Waals surface area contributed by atoms with Crippen molar-refractivity contribution in [2.75, 3.05) is 11.9 Å². The molecule has 24 heavy (non-hydrogen) atoms. The number of anilines is 1. The molecule has 0 fully saturated rings. The van der Waals surface area contributed by atoms with Gasteiger partial charge >= 0.3 is 0 Å². The minimum Gasteiger partial charge on any atom is -0.494 e. The molecule has 5 heteroatoms. The van der Waals surface area contributed by atoms with Crippen LogP contribution in [-0.4, -0.2) is 17.1 Å². The highest BCUT2D eigenvalue weighted by atomic mass is 16.5. The molecule has 0 spiro atoms. The molecule has 0 aliphatic carbocycles. The number of amides is 1. The minimum atomic E-state index is -0.441. The molecule has 2 rings (SSSR count). The molecular weight excluding hydrogens is 302 g/mol. The molecule has 0 aliphatic rings. The molecule has 0 aliphatic heterocycles. The molecule has 0 radical (unpaired) electrons. The van der Waals surface area contributed by atoms with Crippen molar-refractivity contribution in [1.82, 2.24) is 4.57 Å². The molecular formula is C19H21N3O2. The maximum atomic E-state index is 12.3. The van der Waals surface area contributed by atoms with Crippen LogP contribution in [-0.2, 0) is 4.79 Å². The number of aromatic nitrogens is 1. The number of hydrogen-bond acceptors (Lipinski definition) is 3. The fraction of sp³-hybridized carbons (Fsp3) is 0.263. The van der Waals surface area contributed by atoms with Gasteiger partial charge in [0, 0.05) is 30.2 Å². The van der Waals surface area contributed by atoms with Crippen LogP contribution in [0.3, 0.4) is 0 Å². The van der Waals surface area contributed by atoms with Crippen LogP contribution in [0.25, 0.3) is 6.08 Å². The molecule has 1 N–H and O–H groups in total. The second kappa shape index (κ2) is 8.02. The molecule has 1 heterocycles. The van der Waals surface area contributed by atoms with Crippen LogP contribution in [0.2, 0.25) is 0 Å². The Morgan fingerprint density at radius 1 is 1.42 bits per heavy atom. The number of ether oxygens (including phenoxy) is 1. The maximum absolute atomic E-state index is 12.3. The fourth-order valence-corrected chi connectivity index (χ4v) is 2.18. The highest BCUT2D eigenvalue weighted by Gasteiger charge is 2.10. The number of nitrogens with zero attached hydrogens (tertiary/aromatic N) is 2. The number of nitriles is 1. The summed E-state index contributed by atoms with van der Waals surface area (Å²) in [6.45, 7) is 6.58. The zero-order chi connectivity index (χ0) is 17.5. The summed E-state index contributed by atoms with van der Waals surface area (Å²) in [6.07, 6.45) is 5.42. The molecule has 2 aromatic rings. The molecule has 5 nitrogen and oxygen atoms in total. The lowest BCUT2D eigenvalue weighted by molar-refractivity contribution is -0.112. The van der Waals surface area contributed by atoms with E-state index in [-0.39, 0.29) is 5.57 Å². The SMILES string of the molecule is CCOc1cccc(NC(=O)/C(C#N)=C/c2ccn(C(C)C)c2)c1. The van der Waals surface area contributed by atoms with Crippen LogP contribution in [0.1, 0.15) is 32.4 Å². The summed E-state index contributed by atoms with van der Waals surface area (Å²) in [4.78, 5) is 12.3. The number of rotatable bonds is 6. The largest absolute Gasteiger partial charge is 0.494 e. The summed E-state index contributed by atoms with van der Waals surface area (Å²) >= 11 is 0. The van der Waals surface area contributed by atoms with Gasteiger partial charge in [-0.05, 0) is 50.6 Å². The van der Waals surface area contributed by atoms with E-state index < -0.39 is 5.91 Å². The lowest BCUT2D eigenvalue weighted by Gasteiger charge is -2.07. The Bertz CT molecular complexity index is 782. The van der Waals surface area contributed by atoms with Gasteiger partial charge in [0.2, 0.25) is 0 Å². The van der Waals surface area contributed by atoms with Gasteiger partial charge in [0.1, 0.15) is 17.4 Å². The topological polar surface area (TPSA) is 67.0 Å². The van der Waals surface area contributed by atoms with E-state index in [1.54, 1.807) is 24.3 Å². The monoisotopic (exact) mass is 323 g/mol. The third-order valence-electron chi connectivity index (χ3n) is 3.41. The first-order chi connectivity index (χ1) is 11.5. The van der Waals surface area contributed by atoms with Crippen LogP contribution in [0.4, 0.5) is 5.69 Å². The summed E-state index contributed by atoms with van der Waals surface area (Å²) in [5.41, 5.74) is 1.46. The number of carbonyl (C=O) groups excluding carboxylic acids is 1. The second-order valence-electron chi connectivity index (χ2n) is 5.57. The van der Waals surface area contributed by atoms with Crippen LogP contribution in [0.5, 0.6) is 5.75 Å². The van der Waals surface area contributed by atoms with Crippen molar-refractivity contribution in [3.8, 4) is 11.8 Å². The third-order valence-corrected chi connectivity index (χ3v) is 3.41. The van der Waals surface area contributed by atoms with Gasteiger partial charge < -0.3 is 14.6 Å². The highest BCUT2D eigenvalue weighted by molar-refractivity contribution is 6.09. The van der Waals surface area contributed by atoms with E-state index in [2.05, 4.69) is 19.2 Å². The Kier molecular flexibility index (Phi) is 5.80. The minimum absolute atomic E-state index is 0.0540. The zero-order valence-electron chi connectivity index (χ0n) is 14.1. The van der Waals surface area contributed by atoms with Crippen LogP contribution < -0.4 is 10.1 Å². The van der Waals surface area contributed by atoms with Gasteiger partial charge in [-0.1, -0.05) is 6.07 Å². The molecule has 0 saturated heterocycles. The van der Waals surface area contributed by atoms with Gasteiger partial charge in [-0.15, -0.1) is 0 Å². The number of carbonyl (C=O) groups is 1. The van der Waals surface area contributed by atoms with Crippen LogP contribution in [0, 0.1) is 11.3 Å². The first-order valence-electron chi connectivity index (χ1n) is 7.87. The van der Waals surface area contributed by atoms with E-state index in [0.717, 1.165) is 5.56 Å². The Morgan fingerprint density at radius 3 is 2.83 bits per heavy atom. The summed E-state index contributed by atoms with van der Waals surface area (Å²) in [7, 11) is 0. The van der Waals surface area contributed by atoms with E-state index >= 15 is 0 Å². The van der Waals surface area contributed by atoms with E-state index in [1.807, 2.05) is 42.1 Å². The molecule has 0 atom stereocenters. The Balaban J connectivity index is 2.15. The number of hydrogen-bond donors (Lipinski definition) is 1. The second-order valence-corrected chi connectivity index (χ2v) is 5.57. The number of nitrogens with one attached hydrogen (secondary N) is 1. The average molecular weight is 323 g/mol. The lowest BCUT2D eigenvalue weighted by atomic mass is 10.2. The summed E-state index contributed by atoms with van der Waals surface area (Å²) in [5.74, 6) is 0.232. The summed E-state index contributed by atoms with van der Waals surface area (Å²) in [6, 6.07) is 11.2. The van der Waals surface area contributed by atoms with Gasteiger partial charge in [0.15, 0.2) is 0 Å². The predicted octanol–water partition coefficient (Wildman–Crippen LogP) is 4.01. The smallest absolute Gasteiger partial charge is 0.266 e.